The van der Waals surface area contributed by atoms with E-state index in [4.69, 9.17) is 0 Å². The SMILES string of the molecule is Cl.Cl.Cl.[Er]. The molecule has 0 spiro atoms. The normalized spacial score (nSPS) is 0. The second-order valence-corrected chi connectivity index (χ2v) is 0. The van der Waals surface area contributed by atoms with E-state index in [1.807, 2.05) is 0 Å². The number of rotatable bonds is 0. The zero-order valence-electron chi connectivity index (χ0n) is 1.51. The van der Waals surface area contributed by atoms with E-state index in [-0.39, 0.29) is 74.5 Å². The first-order valence-electron chi connectivity index (χ1n) is 0. The maximum atomic E-state index is 0. The molecule has 0 aromatic heterocycles. The van der Waals surface area contributed by atoms with Gasteiger partial charge in [0.15, 0.2) is 0 Å². The third kappa shape index (κ3) is 8.93. The summed E-state index contributed by atoms with van der Waals surface area (Å²) in [5.74, 6) is 0. The average Bonchev–Trinajstić information content (AvgIpc) is 0. The molecule has 0 unspecified atom stereocenters. The van der Waals surface area contributed by atoms with Crippen molar-refractivity contribution in [2.75, 3.05) is 0 Å². The Morgan fingerprint density at radius 2 is 0.500 bits per heavy atom. The van der Waals surface area contributed by atoms with Gasteiger partial charge in [-0.15, -0.1) is 37.2 Å². The second kappa shape index (κ2) is 19.4. The predicted octanol–water partition coefficient (Wildman–Crippen LogP) is 1.27. The molecule has 0 radical (unpaired) electrons. The fourth-order valence-electron chi connectivity index (χ4n) is 0. The molecule has 4 heteroatoms. The van der Waals surface area contributed by atoms with Gasteiger partial charge in [-0.25, -0.2) is 0 Å². The molecular formula is H3Cl3Er. The molecular weight excluding hydrogens is 274 g/mol. The van der Waals surface area contributed by atoms with Crippen LogP contribution in [0.4, 0.5) is 0 Å². The number of halogens is 3. The van der Waals surface area contributed by atoms with Crippen LogP contribution in [0.25, 0.3) is 0 Å². The van der Waals surface area contributed by atoms with Gasteiger partial charge in [0.05, 0.1) is 0 Å². The Balaban J connectivity index is 0. The van der Waals surface area contributed by atoms with Crippen LogP contribution in [0, 0.1) is 37.3 Å². The molecule has 0 bridgehead atoms. The van der Waals surface area contributed by atoms with Crippen LogP contribution in [-0.4, -0.2) is 0 Å². The van der Waals surface area contributed by atoms with E-state index in [0.29, 0.717) is 0 Å². The molecule has 0 saturated heterocycles. The second-order valence-electron chi connectivity index (χ2n) is 0. The van der Waals surface area contributed by atoms with E-state index < -0.39 is 0 Å². The van der Waals surface area contributed by atoms with E-state index in [1.165, 1.54) is 0 Å². The van der Waals surface area contributed by atoms with Gasteiger partial charge in [-0.3, -0.25) is 0 Å². The zero-order chi connectivity index (χ0) is 0. The van der Waals surface area contributed by atoms with Gasteiger partial charge in [0.1, 0.15) is 0 Å². The summed E-state index contributed by atoms with van der Waals surface area (Å²) in [5.41, 5.74) is 0. The first kappa shape index (κ1) is 35.7. The van der Waals surface area contributed by atoms with E-state index in [9.17, 15) is 0 Å². The van der Waals surface area contributed by atoms with Gasteiger partial charge in [-0.2, -0.15) is 0 Å². The molecule has 0 aromatic rings. The molecule has 0 atom stereocenters. The third-order valence-electron chi connectivity index (χ3n) is 0. The van der Waals surface area contributed by atoms with Crippen LogP contribution in [0.3, 0.4) is 0 Å². The van der Waals surface area contributed by atoms with Crippen LogP contribution in [0.5, 0.6) is 0 Å². The molecule has 0 heterocycles. The molecule has 4 heavy (non-hydrogen) atoms. The molecule has 0 aliphatic rings. The Hall–Kier alpha value is 2.12. The molecule has 0 nitrogen and oxygen atoms in total. The summed E-state index contributed by atoms with van der Waals surface area (Å²) >= 11 is 0. The summed E-state index contributed by atoms with van der Waals surface area (Å²) in [6, 6.07) is 0. The monoisotopic (exact) mass is 274 g/mol. The molecule has 0 aliphatic carbocycles. The van der Waals surface area contributed by atoms with Gasteiger partial charge >= 0.3 is 0 Å². The molecule has 0 aromatic carbocycles. The van der Waals surface area contributed by atoms with Gasteiger partial charge < -0.3 is 0 Å². The van der Waals surface area contributed by atoms with Crippen molar-refractivity contribution in [2.45, 2.75) is 0 Å². The summed E-state index contributed by atoms with van der Waals surface area (Å²) in [7, 11) is 0. The number of hydrogen-bond donors (Lipinski definition) is 0. The minimum Gasteiger partial charge on any atom is -0.147 e. The summed E-state index contributed by atoms with van der Waals surface area (Å²) in [4.78, 5) is 0. The molecule has 0 aliphatic heterocycles. The van der Waals surface area contributed by atoms with Crippen LogP contribution in [0.1, 0.15) is 0 Å². The molecule has 36 valence electrons. The smallest absolute Gasteiger partial charge is 0 e. The minimum absolute atomic E-state index is 0. The van der Waals surface area contributed by atoms with Crippen LogP contribution < -0.4 is 0 Å². The van der Waals surface area contributed by atoms with Crippen molar-refractivity contribution in [1.29, 1.82) is 0 Å². The van der Waals surface area contributed by atoms with Crippen LogP contribution in [0.2, 0.25) is 0 Å². The van der Waals surface area contributed by atoms with Crippen molar-refractivity contribution in [3.63, 3.8) is 0 Å². The first-order chi connectivity index (χ1) is 0. The topological polar surface area (TPSA) is 0 Å². The van der Waals surface area contributed by atoms with E-state index in [2.05, 4.69) is 0 Å². The molecule has 0 fully saturated rings. The van der Waals surface area contributed by atoms with Crippen molar-refractivity contribution < 1.29 is 37.3 Å². The van der Waals surface area contributed by atoms with Gasteiger partial charge in [0.25, 0.3) is 0 Å². The van der Waals surface area contributed by atoms with E-state index in [0.717, 1.165) is 0 Å². The van der Waals surface area contributed by atoms with Crippen molar-refractivity contribution >= 4 is 37.2 Å². The largest absolute Gasteiger partial charge is 0.147 e. The Bertz CT molecular complexity index is 3.25. The predicted molar refractivity (Wildman–Crippen MR) is 21.7 cm³/mol. The van der Waals surface area contributed by atoms with Crippen molar-refractivity contribution in [3.8, 4) is 0 Å². The van der Waals surface area contributed by atoms with Gasteiger partial charge in [0, 0.05) is 37.3 Å². The van der Waals surface area contributed by atoms with Crippen molar-refractivity contribution in [3.05, 3.63) is 0 Å². The Labute approximate surface area is 73.5 Å². The van der Waals surface area contributed by atoms with E-state index in [1.54, 1.807) is 0 Å². The summed E-state index contributed by atoms with van der Waals surface area (Å²) in [6.07, 6.45) is 0. The maximum Gasteiger partial charge on any atom is 0 e. The average molecular weight is 277 g/mol. The molecule has 0 rings (SSSR count). The van der Waals surface area contributed by atoms with Gasteiger partial charge in [-0.05, 0) is 0 Å². The third-order valence-corrected chi connectivity index (χ3v) is 0. The van der Waals surface area contributed by atoms with Crippen LogP contribution in [0.15, 0.2) is 0 Å². The van der Waals surface area contributed by atoms with Crippen LogP contribution in [-0.2, 0) is 0 Å². The summed E-state index contributed by atoms with van der Waals surface area (Å²) in [6.45, 7) is 0. The van der Waals surface area contributed by atoms with Gasteiger partial charge in [-0.1, -0.05) is 0 Å². The number of hydrogen-bond acceptors (Lipinski definition) is 0. The summed E-state index contributed by atoms with van der Waals surface area (Å²) in [5, 5.41) is 0. The molecule has 0 N–H and O–H groups in total. The fourth-order valence-corrected chi connectivity index (χ4v) is 0. The summed E-state index contributed by atoms with van der Waals surface area (Å²) < 4.78 is 0. The molecule has 0 saturated carbocycles. The van der Waals surface area contributed by atoms with E-state index >= 15 is 0 Å². The van der Waals surface area contributed by atoms with Crippen LogP contribution >= 0.6 is 37.2 Å². The van der Waals surface area contributed by atoms with Crippen molar-refractivity contribution in [2.24, 2.45) is 0 Å². The standard InChI is InChI=1S/3ClH.Er/h3*1H;. The first-order valence-corrected chi connectivity index (χ1v) is 0. The Morgan fingerprint density at radius 1 is 0.500 bits per heavy atom. The van der Waals surface area contributed by atoms with Crippen molar-refractivity contribution in [1.82, 2.24) is 0 Å². The Kier molecular flexibility index (Phi) is 173. The zero-order valence-corrected chi connectivity index (χ0v) is 5.82. The minimum atomic E-state index is 0. The maximum absolute atomic E-state index is 0. The quantitative estimate of drug-likeness (QED) is 0.625. The fraction of sp³-hybridized carbons (Fsp3) is 0. The van der Waals surface area contributed by atoms with Gasteiger partial charge in [0.2, 0.25) is 0 Å². The molecule has 0 amide bonds. The Morgan fingerprint density at radius 3 is 0.500 bits per heavy atom.